The summed E-state index contributed by atoms with van der Waals surface area (Å²) in [6, 6.07) is 0. The van der Waals surface area contributed by atoms with E-state index in [0.717, 1.165) is 32.1 Å². The van der Waals surface area contributed by atoms with E-state index in [2.05, 4.69) is 47.7 Å². The summed E-state index contributed by atoms with van der Waals surface area (Å²) < 4.78 is 12.3. The molecule has 0 saturated heterocycles. The Bertz CT molecular complexity index is 691. The predicted octanol–water partition coefficient (Wildman–Crippen LogP) is 8.27. The van der Waals surface area contributed by atoms with Gasteiger partial charge in [-0.15, -0.1) is 0 Å². The van der Waals surface area contributed by atoms with Crippen molar-refractivity contribution in [3.05, 3.63) is 0 Å². The Balaban J connectivity index is 2.23. The number of fused-ring (bicyclic) bond motifs is 1. The summed E-state index contributed by atoms with van der Waals surface area (Å²) in [6.07, 6.45) is 12.1. The summed E-state index contributed by atoms with van der Waals surface area (Å²) in [6.45, 7) is 23.1. The van der Waals surface area contributed by atoms with E-state index in [1.165, 1.54) is 32.1 Å². The molecular formula is C30H58O4Si. The van der Waals surface area contributed by atoms with E-state index in [1.54, 1.807) is 0 Å². The lowest BCUT2D eigenvalue weighted by Crippen LogP contribution is -2.51. The number of rotatable bonds is 12. The van der Waals surface area contributed by atoms with Gasteiger partial charge in [0.15, 0.2) is 8.32 Å². The van der Waals surface area contributed by atoms with Crippen molar-refractivity contribution < 1.29 is 19.1 Å². The van der Waals surface area contributed by atoms with Gasteiger partial charge >= 0.3 is 5.97 Å². The highest BCUT2D eigenvalue weighted by Crippen LogP contribution is 2.63. The van der Waals surface area contributed by atoms with Crippen LogP contribution in [0, 0.1) is 22.7 Å². The second-order valence-corrected chi connectivity index (χ2v) is 19.3. The first kappa shape index (κ1) is 30.8. The molecule has 0 aromatic carbocycles. The SMILES string of the molecule is CCOC(=O)CCCC(C)(CCCC(C)(C)O)C1CCC2[C@@H](O[Si](C)(C)C(C)(C)C)CCC[C@@]21C. The van der Waals surface area contributed by atoms with Crippen molar-refractivity contribution in [1.82, 2.24) is 0 Å². The maximum Gasteiger partial charge on any atom is 0.305 e. The van der Waals surface area contributed by atoms with Gasteiger partial charge in [0.05, 0.1) is 12.2 Å². The van der Waals surface area contributed by atoms with Crippen LogP contribution in [0.5, 0.6) is 0 Å². The molecule has 4 nitrogen and oxygen atoms in total. The lowest BCUT2D eigenvalue weighted by Gasteiger charge is -2.52. The van der Waals surface area contributed by atoms with Gasteiger partial charge in [0.25, 0.3) is 0 Å². The van der Waals surface area contributed by atoms with Gasteiger partial charge in [-0.25, -0.2) is 0 Å². The van der Waals surface area contributed by atoms with Crippen molar-refractivity contribution >= 4 is 14.3 Å². The molecule has 0 aromatic heterocycles. The van der Waals surface area contributed by atoms with Crippen molar-refractivity contribution in [1.29, 1.82) is 0 Å². The van der Waals surface area contributed by atoms with Gasteiger partial charge in [-0.05, 0) is 113 Å². The molecular weight excluding hydrogens is 452 g/mol. The first-order chi connectivity index (χ1) is 16.0. The average Bonchev–Trinajstić information content (AvgIpc) is 3.05. The minimum absolute atomic E-state index is 0.0673. The number of ether oxygens (including phenoxy) is 1. The fourth-order valence-corrected chi connectivity index (χ4v) is 8.62. The van der Waals surface area contributed by atoms with E-state index in [1.807, 2.05) is 20.8 Å². The lowest BCUT2D eigenvalue weighted by atomic mass is 9.55. The van der Waals surface area contributed by atoms with Gasteiger partial charge in [-0.1, -0.05) is 47.5 Å². The molecule has 5 atom stereocenters. The van der Waals surface area contributed by atoms with E-state index in [0.29, 0.717) is 36.4 Å². The number of aliphatic hydroxyl groups is 1. The van der Waals surface area contributed by atoms with Crippen LogP contribution < -0.4 is 0 Å². The number of hydrogen-bond donors (Lipinski definition) is 1. The monoisotopic (exact) mass is 510 g/mol. The Hall–Kier alpha value is -0.393. The standard InChI is InChI=1S/C30H58O4Si/c1-11-33-26(31)16-13-20-29(7,21-14-19-28(5,6)32)25-18-17-23-24(15-12-22-30(23,25)8)34-35(9,10)27(2,3)4/h23-25,32H,11-22H2,1-10H3/t23?,24-,25?,29?,30-/m0/s1. The first-order valence-corrected chi connectivity index (χ1v) is 17.4. The molecule has 0 radical (unpaired) electrons. The van der Waals surface area contributed by atoms with Crippen molar-refractivity contribution in [2.24, 2.45) is 22.7 Å². The van der Waals surface area contributed by atoms with E-state index >= 15 is 0 Å². The zero-order chi connectivity index (χ0) is 26.7. The van der Waals surface area contributed by atoms with E-state index in [4.69, 9.17) is 9.16 Å². The molecule has 35 heavy (non-hydrogen) atoms. The molecule has 5 heteroatoms. The van der Waals surface area contributed by atoms with Gasteiger partial charge in [0, 0.05) is 12.5 Å². The van der Waals surface area contributed by atoms with Crippen LogP contribution in [-0.4, -0.2) is 37.7 Å². The molecule has 2 aliphatic rings. The zero-order valence-corrected chi connectivity index (χ0v) is 25.9. The largest absolute Gasteiger partial charge is 0.466 e. The molecule has 1 N–H and O–H groups in total. The zero-order valence-electron chi connectivity index (χ0n) is 24.9. The van der Waals surface area contributed by atoms with Crippen LogP contribution in [0.25, 0.3) is 0 Å². The van der Waals surface area contributed by atoms with Gasteiger partial charge in [0.2, 0.25) is 0 Å². The Morgan fingerprint density at radius 3 is 2.20 bits per heavy atom. The van der Waals surface area contributed by atoms with Gasteiger partial charge in [0.1, 0.15) is 0 Å². The Kier molecular flexibility index (Phi) is 10.2. The second-order valence-electron chi connectivity index (χ2n) is 14.5. The topological polar surface area (TPSA) is 55.8 Å². The average molecular weight is 511 g/mol. The van der Waals surface area contributed by atoms with Crippen LogP contribution in [-0.2, 0) is 14.0 Å². The van der Waals surface area contributed by atoms with Crippen LogP contribution in [0.2, 0.25) is 18.1 Å². The Labute approximate surface area is 218 Å². The fraction of sp³-hybridized carbons (Fsp3) is 0.967. The second kappa shape index (κ2) is 11.6. The maximum absolute atomic E-state index is 12.1. The van der Waals surface area contributed by atoms with Gasteiger partial charge in [-0.2, -0.15) is 0 Å². The smallest absolute Gasteiger partial charge is 0.305 e. The highest BCUT2D eigenvalue weighted by Gasteiger charge is 2.57. The maximum atomic E-state index is 12.1. The summed E-state index contributed by atoms with van der Waals surface area (Å²) in [5.41, 5.74) is -0.167. The number of carbonyl (C=O) groups is 1. The van der Waals surface area contributed by atoms with Gasteiger partial charge < -0.3 is 14.3 Å². The molecule has 3 unspecified atom stereocenters. The Morgan fingerprint density at radius 1 is 1.00 bits per heavy atom. The highest BCUT2D eigenvalue weighted by atomic mass is 28.4. The summed E-state index contributed by atoms with van der Waals surface area (Å²) in [5, 5.41) is 10.6. The summed E-state index contributed by atoms with van der Waals surface area (Å²) in [5.74, 6) is 1.20. The molecule has 0 aromatic rings. The molecule has 206 valence electrons. The number of hydrogen-bond acceptors (Lipinski definition) is 4. The molecule has 2 saturated carbocycles. The molecule has 0 aliphatic heterocycles. The van der Waals surface area contributed by atoms with E-state index in [-0.39, 0.29) is 16.4 Å². The minimum Gasteiger partial charge on any atom is -0.466 e. The van der Waals surface area contributed by atoms with Crippen molar-refractivity contribution in [2.75, 3.05) is 6.61 Å². The highest BCUT2D eigenvalue weighted by molar-refractivity contribution is 6.74. The lowest BCUT2D eigenvalue weighted by molar-refractivity contribution is -0.143. The molecule has 0 amide bonds. The third-order valence-corrected chi connectivity index (χ3v) is 14.6. The fourth-order valence-electron chi connectivity index (χ4n) is 7.23. The number of esters is 1. The molecule has 0 spiro atoms. The summed E-state index contributed by atoms with van der Waals surface area (Å²) >= 11 is 0. The van der Waals surface area contributed by atoms with Crippen LogP contribution in [0.4, 0.5) is 0 Å². The van der Waals surface area contributed by atoms with Crippen LogP contribution in [0.1, 0.15) is 126 Å². The third-order valence-electron chi connectivity index (χ3n) is 10.1. The molecule has 2 aliphatic carbocycles. The normalized spacial score (nSPS) is 29.5. The van der Waals surface area contributed by atoms with Gasteiger partial charge in [-0.3, -0.25) is 4.79 Å². The molecule has 2 fully saturated rings. The van der Waals surface area contributed by atoms with E-state index in [9.17, 15) is 9.90 Å². The van der Waals surface area contributed by atoms with Crippen molar-refractivity contribution in [2.45, 2.75) is 156 Å². The summed E-state index contributed by atoms with van der Waals surface area (Å²) in [4.78, 5) is 12.1. The first-order valence-electron chi connectivity index (χ1n) is 14.5. The van der Waals surface area contributed by atoms with Crippen molar-refractivity contribution in [3.63, 3.8) is 0 Å². The molecule has 0 bridgehead atoms. The number of carbonyl (C=O) groups excluding carboxylic acids is 1. The molecule has 2 rings (SSSR count). The molecule has 0 heterocycles. The third kappa shape index (κ3) is 7.80. The predicted molar refractivity (Wildman–Crippen MR) is 149 cm³/mol. The van der Waals surface area contributed by atoms with Crippen molar-refractivity contribution in [3.8, 4) is 0 Å². The van der Waals surface area contributed by atoms with Crippen LogP contribution in [0.3, 0.4) is 0 Å². The van der Waals surface area contributed by atoms with Crippen LogP contribution in [0.15, 0.2) is 0 Å². The quantitative estimate of drug-likeness (QED) is 0.212. The van der Waals surface area contributed by atoms with E-state index < -0.39 is 13.9 Å². The summed E-state index contributed by atoms with van der Waals surface area (Å²) in [7, 11) is -1.82. The minimum atomic E-state index is -1.82. The Morgan fingerprint density at radius 2 is 1.63 bits per heavy atom. The van der Waals surface area contributed by atoms with Crippen LogP contribution >= 0.6 is 0 Å².